The van der Waals surface area contributed by atoms with Gasteiger partial charge in [-0.15, -0.1) is 0 Å². The Labute approximate surface area is 95.3 Å². The largest absolute Gasteiger partial charge is 0.479 e. The zero-order valence-electron chi connectivity index (χ0n) is 9.82. The van der Waals surface area contributed by atoms with Gasteiger partial charge in [0.05, 0.1) is 11.8 Å². The molecule has 0 unspecified atom stereocenters. The summed E-state index contributed by atoms with van der Waals surface area (Å²) in [7, 11) is 0. The molecule has 0 saturated heterocycles. The van der Waals surface area contributed by atoms with Crippen molar-refractivity contribution in [2.24, 2.45) is 0 Å². The number of hydrogen-bond donors (Lipinski definition) is 1. The Bertz CT molecular complexity index is 354. The third-order valence-corrected chi connectivity index (χ3v) is 1.94. The molecule has 0 radical (unpaired) electrons. The number of aryl methyl sites for hydroxylation is 1. The smallest absolute Gasteiger partial charge is 0.344 e. The van der Waals surface area contributed by atoms with Crippen LogP contribution >= 0.6 is 0 Å². The Morgan fingerprint density at radius 2 is 2.12 bits per heavy atom. The van der Waals surface area contributed by atoms with Crippen LogP contribution in [0.25, 0.3) is 0 Å². The second-order valence-corrected chi connectivity index (χ2v) is 3.82. The van der Waals surface area contributed by atoms with E-state index in [1.54, 1.807) is 19.9 Å². The fourth-order valence-electron chi connectivity index (χ4n) is 1.30. The first-order valence-corrected chi connectivity index (χ1v) is 5.18. The number of para-hydroxylation sites is 1. The Kier molecular flexibility index (Phi) is 4.17. The van der Waals surface area contributed by atoms with E-state index in [2.05, 4.69) is 0 Å². The lowest BCUT2D eigenvalue weighted by atomic mass is 10.2. The SMILES string of the molecule is Cc1cccc(N)c1OCC(=O)OC(C)C. The van der Waals surface area contributed by atoms with Gasteiger partial charge in [0.15, 0.2) is 6.61 Å². The maximum absolute atomic E-state index is 11.3. The van der Waals surface area contributed by atoms with Gasteiger partial charge in [-0.3, -0.25) is 0 Å². The molecule has 0 bridgehead atoms. The molecular weight excluding hydrogens is 206 g/mol. The van der Waals surface area contributed by atoms with Crippen LogP contribution < -0.4 is 10.5 Å². The molecule has 0 aliphatic carbocycles. The predicted octanol–water partition coefficient (Wildman–Crippen LogP) is 1.91. The summed E-state index contributed by atoms with van der Waals surface area (Å²) in [4.78, 5) is 11.3. The average molecular weight is 223 g/mol. The minimum atomic E-state index is -0.391. The monoisotopic (exact) mass is 223 g/mol. The molecule has 1 aromatic rings. The molecule has 0 heterocycles. The Hall–Kier alpha value is -1.71. The molecule has 0 aromatic heterocycles. The number of ether oxygens (including phenoxy) is 2. The van der Waals surface area contributed by atoms with Crippen molar-refractivity contribution in [3.8, 4) is 5.75 Å². The van der Waals surface area contributed by atoms with Gasteiger partial charge in [0, 0.05) is 0 Å². The first-order chi connectivity index (χ1) is 7.50. The summed E-state index contributed by atoms with van der Waals surface area (Å²) >= 11 is 0. The van der Waals surface area contributed by atoms with Crippen LogP contribution in [0.2, 0.25) is 0 Å². The highest BCUT2D eigenvalue weighted by molar-refractivity contribution is 5.71. The number of hydrogen-bond acceptors (Lipinski definition) is 4. The number of anilines is 1. The highest BCUT2D eigenvalue weighted by atomic mass is 16.6. The minimum absolute atomic E-state index is 0.118. The third-order valence-electron chi connectivity index (χ3n) is 1.94. The quantitative estimate of drug-likeness (QED) is 0.625. The summed E-state index contributed by atoms with van der Waals surface area (Å²) in [5.41, 5.74) is 7.16. The summed E-state index contributed by atoms with van der Waals surface area (Å²) in [6, 6.07) is 5.44. The van der Waals surface area contributed by atoms with Gasteiger partial charge < -0.3 is 15.2 Å². The molecule has 4 nitrogen and oxygen atoms in total. The fourth-order valence-corrected chi connectivity index (χ4v) is 1.30. The van der Waals surface area contributed by atoms with Gasteiger partial charge in [-0.1, -0.05) is 12.1 Å². The average Bonchev–Trinajstić information content (AvgIpc) is 2.15. The van der Waals surface area contributed by atoms with Crippen molar-refractivity contribution in [1.29, 1.82) is 0 Å². The van der Waals surface area contributed by atoms with Gasteiger partial charge in [0.25, 0.3) is 0 Å². The van der Waals surface area contributed by atoms with E-state index in [0.29, 0.717) is 11.4 Å². The maximum Gasteiger partial charge on any atom is 0.344 e. The van der Waals surface area contributed by atoms with Crippen LogP contribution in [0, 0.1) is 6.92 Å². The Morgan fingerprint density at radius 3 is 2.69 bits per heavy atom. The van der Waals surface area contributed by atoms with Crippen LogP contribution in [0.15, 0.2) is 18.2 Å². The Morgan fingerprint density at radius 1 is 1.44 bits per heavy atom. The third kappa shape index (κ3) is 3.46. The normalized spacial score (nSPS) is 10.2. The molecule has 88 valence electrons. The van der Waals surface area contributed by atoms with Gasteiger partial charge in [0.1, 0.15) is 5.75 Å². The van der Waals surface area contributed by atoms with E-state index in [0.717, 1.165) is 5.56 Å². The van der Waals surface area contributed by atoms with Gasteiger partial charge in [-0.2, -0.15) is 0 Å². The molecule has 0 aliphatic heterocycles. The molecule has 1 rings (SSSR count). The van der Waals surface area contributed by atoms with Crippen molar-refractivity contribution in [1.82, 2.24) is 0 Å². The molecule has 1 aromatic carbocycles. The number of carbonyl (C=O) groups is 1. The molecule has 0 spiro atoms. The first-order valence-electron chi connectivity index (χ1n) is 5.18. The predicted molar refractivity (Wildman–Crippen MR) is 62.3 cm³/mol. The number of rotatable bonds is 4. The summed E-state index contributed by atoms with van der Waals surface area (Å²) in [6.07, 6.45) is -0.134. The van der Waals surface area contributed by atoms with Gasteiger partial charge in [-0.25, -0.2) is 4.79 Å². The second-order valence-electron chi connectivity index (χ2n) is 3.82. The van der Waals surface area contributed by atoms with Gasteiger partial charge >= 0.3 is 5.97 Å². The zero-order chi connectivity index (χ0) is 12.1. The second kappa shape index (κ2) is 5.39. The van der Waals surface area contributed by atoms with Crippen molar-refractivity contribution in [2.45, 2.75) is 26.9 Å². The molecule has 0 saturated carbocycles. The van der Waals surface area contributed by atoms with Crippen LogP contribution in [-0.4, -0.2) is 18.7 Å². The van der Waals surface area contributed by atoms with E-state index in [9.17, 15) is 4.79 Å². The van der Waals surface area contributed by atoms with Crippen LogP contribution in [-0.2, 0) is 9.53 Å². The minimum Gasteiger partial charge on any atom is -0.479 e. The van der Waals surface area contributed by atoms with Gasteiger partial charge in [0.2, 0.25) is 0 Å². The lowest BCUT2D eigenvalue weighted by Gasteiger charge is -2.12. The van der Waals surface area contributed by atoms with E-state index >= 15 is 0 Å². The highest BCUT2D eigenvalue weighted by Gasteiger charge is 2.09. The molecule has 0 aliphatic rings. The fraction of sp³-hybridized carbons (Fsp3) is 0.417. The van der Waals surface area contributed by atoms with E-state index in [1.165, 1.54) is 0 Å². The zero-order valence-corrected chi connectivity index (χ0v) is 9.82. The van der Waals surface area contributed by atoms with E-state index < -0.39 is 5.97 Å². The van der Waals surface area contributed by atoms with Gasteiger partial charge in [-0.05, 0) is 32.4 Å². The van der Waals surface area contributed by atoms with E-state index in [1.807, 2.05) is 19.1 Å². The molecule has 2 N–H and O–H groups in total. The molecule has 0 fully saturated rings. The molecule has 0 atom stereocenters. The number of esters is 1. The van der Waals surface area contributed by atoms with Crippen LogP contribution in [0.5, 0.6) is 5.75 Å². The van der Waals surface area contributed by atoms with E-state index in [4.69, 9.17) is 15.2 Å². The van der Waals surface area contributed by atoms with E-state index in [-0.39, 0.29) is 12.7 Å². The molecule has 4 heteroatoms. The lowest BCUT2D eigenvalue weighted by Crippen LogP contribution is -2.19. The van der Waals surface area contributed by atoms with Crippen molar-refractivity contribution < 1.29 is 14.3 Å². The van der Waals surface area contributed by atoms with Crippen molar-refractivity contribution in [3.05, 3.63) is 23.8 Å². The summed E-state index contributed by atoms with van der Waals surface area (Å²) < 4.78 is 10.3. The molecule has 16 heavy (non-hydrogen) atoms. The number of nitrogens with two attached hydrogens (primary N) is 1. The van der Waals surface area contributed by atoms with Crippen LogP contribution in [0.3, 0.4) is 0 Å². The topological polar surface area (TPSA) is 61.5 Å². The summed E-state index contributed by atoms with van der Waals surface area (Å²) in [6.45, 7) is 5.34. The van der Waals surface area contributed by atoms with Crippen molar-refractivity contribution in [2.75, 3.05) is 12.3 Å². The summed E-state index contributed by atoms with van der Waals surface area (Å²) in [5, 5.41) is 0. The standard InChI is InChI=1S/C12H17NO3/c1-8(2)16-11(14)7-15-12-9(3)5-4-6-10(12)13/h4-6,8H,7,13H2,1-3H3. The number of carbonyl (C=O) groups excluding carboxylic acids is 1. The molecular formula is C12H17NO3. The Balaban J connectivity index is 2.58. The highest BCUT2D eigenvalue weighted by Crippen LogP contribution is 2.25. The maximum atomic E-state index is 11.3. The van der Waals surface area contributed by atoms with Crippen LogP contribution in [0.1, 0.15) is 19.4 Å². The van der Waals surface area contributed by atoms with Crippen LogP contribution in [0.4, 0.5) is 5.69 Å². The lowest BCUT2D eigenvalue weighted by molar-refractivity contribution is -0.149. The van der Waals surface area contributed by atoms with Crippen molar-refractivity contribution in [3.63, 3.8) is 0 Å². The number of nitrogen functional groups attached to an aromatic ring is 1. The summed E-state index contributed by atoms with van der Waals surface area (Å²) in [5.74, 6) is 0.154. The number of benzene rings is 1. The van der Waals surface area contributed by atoms with Crippen molar-refractivity contribution >= 4 is 11.7 Å². The molecule has 0 amide bonds. The first kappa shape index (κ1) is 12.4.